The molecule has 37 heavy (non-hydrogen) atoms. The number of hydrogen-bond donors (Lipinski definition) is 0. The second kappa shape index (κ2) is 11.8. The molecule has 1 aliphatic rings. The molecule has 1 aliphatic heterocycles. The first kappa shape index (κ1) is 26.1. The Kier molecular flexibility index (Phi) is 8.32. The van der Waals surface area contributed by atoms with Crippen molar-refractivity contribution in [1.29, 1.82) is 5.26 Å². The molecule has 2 aromatic carbocycles. The number of amides is 1. The van der Waals surface area contributed by atoms with Crippen molar-refractivity contribution in [3.63, 3.8) is 0 Å². The number of ether oxygens (including phenoxy) is 1. The van der Waals surface area contributed by atoms with Gasteiger partial charge in [-0.15, -0.1) is 0 Å². The third-order valence-corrected chi connectivity index (χ3v) is 7.07. The van der Waals surface area contributed by atoms with Crippen LogP contribution in [0, 0.1) is 18.3 Å². The zero-order chi connectivity index (χ0) is 26.3. The maximum atomic E-state index is 13.8. The molecule has 1 saturated heterocycles. The molecule has 0 spiro atoms. The molecule has 1 atom stereocenters. The van der Waals surface area contributed by atoms with Gasteiger partial charge in [0.15, 0.2) is 0 Å². The molecule has 3 aromatic rings. The van der Waals surface area contributed by atoms with E-state index in [9.17, 15) is 14.9 Å². The van der Waals surface area contributed by atoms with Crippen molar-refractivity contribution in [2.75, 3.05) is 32.8 Å². The molecule has 1 unspecified atom stereocenters. The van der Waals surface area contributed by atoms with Crippen LogP contribution < -0.4 is 0 Å². The average molecular weight is 497 g/mol. The number of hydrogen-bond acceptors (Lipinski definition) is 6. The van der Waals surface area contributed by atoms with Gasteiger partial charge in [0.2, 0.25) is 5.91 Å². The van der Waals surface area contributed by atoms with Gasteiger partial charge in [-0.2, -0.15) is 5.26 Å². The highest BCUT2D eigenvalue weighted by Crippen LogP contribution is 2.38. The van der Waals surface area contributed by atoms with Gasteiger partial charge in [0.05, 0.1) is 19.1 Å². The van der Waals surface area contributed by atoms with Gasteiger partial charge >= 0.3 is 5.97 Å². The average Bonchev–Trinajstić information content (AvgIpc) is 2.94. The summed E-state index contributed by atoms with van der Waals surface area (Å²) in [6.07, 6.45) is 1.68. The molecular weight excluding hydrogens is 464 g/mol. The van der Waals surface area contributed by atoms with Crippen molar-refractivity contribution in [2.45, 2.75) is 31.7 Å². The fourth-order valence-corrected chi connectivity index (χ4v) is 5.08. The maximum absolute atomic E-state index is 13.8. The summed E-state index contributed by atoms with van der Waals surface area (Å²) in [5, 5.41) is 9.90. The molecule has 1 aromatic heterocycles. The number of rotatable bonds is 8. The third-order valence-electron chi connectivity index (χ3n) is 7.07. The van der Waals surface area contributed by atoms with Crippen LogP contribution in [0.5, 0.6) is 0 Å². The monoisotopic (exact) mass is 496 g/mol. The van der Waals surface area contributed by atoms with Crippen molar-refractivity contribution in [1.82, 2.24) is 14.8 Å². The number of nitriles is 1. The predicted octanol–water partition coefficient (Wildman–Crippen LogP) is 4.04. The molecule has 2 heterocycles. The number of carbonyl (C=O) groups is 2. The number of aromatic nitrogens is 1. The highest BCUT2D eigenvalue weighted by molar-refractivity contribution is 5.94. The Bertz CT molecular complexity index is 1210. The molecule has 4 rings (SSSR count). The van der Waals surface area contributed by atoms with E-state index in [1.807, 2.05) is 79.7 Å². The Morgan fingerprint density at radius 1 is 0.973 bits per heavy atom. The van der Waals surface area contributed by atoms with Crippen LogP contribution in [0.15, 0.2) is 79.0 Å². The zero-order valence-corrected chi connectivity index (χ0v) is 21.3. The standard InChI is InChI=1S/C30H32N4O3/c1-3-37-29(36)30(24-11-6-4-7-12-24,25-13-8-5-9-14-25)21-28(35)34-19-17-33(18-20-34)27(22-31)26-15-10-16-32-23(26)2/h4-16,27H,3,17-21H2,1-2H3. The van der Waals surface area contributed by atoms with Gasteiger partial charge in [-0.1, -0.05) is 66.7 Å². The summed E-state index contributed by atoms with van der Waals surface area (Å²) < 4.78 is 5.57. The lowest BCUT2D eigenvalue weighted by molar-refractivity contribution is -0.152. The van der Waals surface area contributed by atoms with Crippen molar-refractivity contribution in [2.24, 2.45) is 0 Å². The van der Waals surface area contributed by atoms with E-state index in [2.05, 4.69) is 16.0 Å². The van der Waals surface area contributed by atoms with E-state index in [0.29, 0.717) is 26.2 Å². The van der Waals surface area contributed by atoms with Gasteiger partial charge in [-0.25, -0.2) is 0 Å². The van der Waals surface area contributed by atoms with E-state index in [-0.39, 0.29) is 18.9 Å². The van der Waals surface area contributed by atoms with Gasteiger partial charge in [-0.05, 0) is 31.0 Å². The van der Waals surface area contributed by atoms with Gasteiger partial charge in [-0.3, -0.25) is 19.5 Å². The highest BCUT2D eigenvalue weighted by Gasteiger charge is 2.46. The largest absolute Gasteiger partial charge is 0.465 e. The SMILES string of the molecule is CCOC(=O)C(CC(=O)N1CCN(C(C#N)c2cccnc2C)CC1)(c1ccccc1)c1ccccc1. The topological polar surface area (TPSA) is 86.5 Å². The Balaban J connectivity index is 1.58. The second-order valence-corrected chi connectivity index (χ2v) is 9.16. The summed E-state index contributed by atoms with van der Waals surface area (Å²) in [5.74, 6) is -0.553. The lowest BCUT2D eigenvalue weighted by atomic mass is 9.71. The van der Waals surface area contributed by atoms with E-state index in [1.54, 1.807) is 18.0 Å². The number of aryl methyl sites for hydroxylation is 1. The van der Waals surface area contributed by atoms with Gasteiger partial charge in [0.25, 0.3) is 0 Å². The number of pyridine rings is 1. The third kappa shape index (κ3) is 5.40. The molecule has 0 aliphatic carbocycles. The zero-order valence-electron chi connectivity index (χ0n) is 21.3. The number of piperazine rings is 1. The van der Waals surface area contributed by atoms with Crippen LogP contribution in [0.1, 0.15) is 41.8 Å². The second-order valence-electron chi connectivity index (χ2n) is 9.16. The molecule has 1 amide bonds. The first-order valence-electron chi connectivity index (χ1n) is 12.6. The van der Waals surface area contributed by atoms with Crippen LogP contribution in [0.25, 0.3) is 0 Å². The summed E-state index contributed by atoms with van der Waals surface area (Å²) in [6.45, 7) is 5.95. The molecular formula is C30H32N4O3. The van der Waals surface area contributed by atoms with Crippen LogP contribution in [0.2, 0.25) is 0 Å². The lowest BCUT2D eigenvalue weighted by Gasteiger charge is -2.39. The summed E-state index contributed by atoms with van der Waals surface area (Å²) in [6, 6.07) is 24.5. The molecule has 0 N–H and O–H groups in total. The Hall–Kier alpha value is -4.02. The fraction of sp³-hybridized carbons (Fsp3) is 0.333. The first-order chi connectivity index (χ1) is 18.0. The van der Waals surface area contributed by atoms with E-state index in [0.717, 1.165) is 22.4 Å². The van der Waals surface area contributed by atoms with E-state index >= 15 is 0 Å². The van der Waals surface area contributed by atoms with Crippen LogP contribution in [0.3, 0.4) is 0 Å². The van der Waals surface area contributed by atoms with E-state index in [1.165, 1.54) is 0 Å². The van der Waals surface area contributed by atoms with Crippen LogP contribution in [-0.2, 0) is 19.7 Å². The maximum Gasteiger partial charge on any atom is 0.321 e. The minimum absolute atomic E-state index is 0.0384. The molecule has 190 valence electrons. The number of carbonyl (C=O) groups excluding carboxylic acids is 2. The fourth-order valence-electron chi connectivity index (χ4n) is 5.08. The van der Waals surface area contributed by atoms with E-state index in [4.69, 9.17) is 4.74 Å². The summed E-state index contributed by atoms with van der Waals surface area (Å²) in [4.78, 5) is 35.6. The Labute approximate surface area is 218 Å². The Morgan fingerprint density at radius 2 is 1.57 bits per heavy atom. The first-order valence-corrected chi connectivity index (χ1v) is 12.6. The van der Waals surface area contributed by atoms with Crippen LogP contribution in [0.4, 0.5) is 0 Å². The van der Waals surface area contributed by atoms with E-state index < -0.39 is 17.4 Å². The predicted molar refractivity (Wildman–Crippen MR) is 140 cm³/mol. The molecule has 0 radical (unpaired) electrons. The smallest absolute Gasteiger partial charge is 0.321 e. The van der Waals surface area contributed by atoms with Crippen LogP contribution >= 0.6 is 0 Å². The van der Waals surface area contributed by atoms with Crippen molar-refractivity contribution in [3.05, 3.63) is 101 Å². The molecule has 0 bridgehead atoms. The van der Waals surface area contributed by atoms with Crippen molar-refractivity contribution in [3.8, 4) is 6.07 Å². The summed E-state index contributed by atoms with van der Waals surface area (Å²) in [7, 11) is 0. The lowest BCUT2D eigenvalue weighted by Crippen LogP contribution is -2.52. The van der Waals surface area contributed by atoms with Gasteiger partial charge in [0, 0.05) is 43.6 Å². The minimum atomic E-state index is -1.26. The highest BCUT2D eigenvalue weighted by atomic mass is 16.5. The summed E-state index contributed by atoms with van der Waals surface area (Å²) in [5.41, 5.74) is 1.91. The van der Waals surface area contributed by atoms with Crippen molar-refractivity contribution < 1.29 is 14.3 Å². The molecule has 7 nitrogen and oxygen atoms in total. The minimum Gasteiger partial charge on any atom is -0.465 e. The van der Waals surface area contributed by atoms with Crippen molar-refractivity contribution >= 4 is 11.9 Å². The number of nitrogens with zero attached hydrogens (tertiary/aromatic N) is 4. The van der Waals surface area contributed by atoms with Gasteiger partial charge < -0.3 is 9.64 Å². The number of esters is 1. The normalized spacial score (nSPS) is 15.0. The van der Waals surface area contributed by atoms with Gasteiger partial charge in [0.1, 0.15) is 11.5 Å². The molecule has 7 heteroatoms. The summed E-state index contributed by atoms with van der Waals surface area (Å²) >= 11 is 0. The molecule has 1 fully saturated rings. The Morgan fingerprint density at radius 3 is 2.08 bits per heavy atom. The number of benzene rings is 2. The van der Waals surface area contributed by atoms with Crippen LogP contribution in [-0.4, -0.2) is 59.4 Å². The quantitative estimate of drug-likeness (QED) is 0.438. The molecule has 0 saturated carbocycles.